The first-order valence-corrected chi connectivity index (χ1v) is 9.76. The lowest BCUT2D eigenvalue weighted by atomic mass is 9.91. The Morgan fingerprint density at radius 1 is 1.19 bits per heavy atom. The maximum absolute atomic E-state index is 13.4. The summed E-state index contributed by atoms with van der Waals surface area (Å²) >= 11 is 1.67. The number of anilines is 2. The van der Waals surface area contributed by atoms with Gasteiger partial charge in [0.05, 0.1) is 22.1 Å². The lowest BCUT2D eigenvalue weighted by Crippen LogP contribution is -2.36. The molecule has 1 atom stereocenters. The molecule has 3 aromatic rings. The highest BCUT2D eigenvalue weighted by Gasteiger charge is 2.32. The van der Waals surface area contributed by atoms with Crippen LogP contribution in [0.5, 0.6) is 0 Å². The zero-order valence-corrected chi connectivity index (χ0v) is 15.8. The van der Waals surface area contributed by atoms with Gasteiger partial charge in [0.15, 0.2) is 0 Å². The van der Waals surface area contributed by atoms with Gasteiger partial charge in [0, 0.05) is 29.9 Å². The van der Waals surface area contributed by atoms with Crippen molar-refractivity contribution >= 4 is 22.7 Å². The smallest absolute Gasteiger partial charge is 0.123 e. The molecule has 134 valence electrons. The van der Waals surface area contributed by atoms with E-state index in [1.165, 1.54) is 22.6 Å². The molecule has 5 heteroatoms. The number of hydrogen-bond acceptors (Lipinski definition) is 4. The van der Waals surface area contributed by atoms with Crippen molar-refractivity contribution in [3.05, 3.63) is 75.5 Å². The minimum atomic E-state index is -0.220. The minimum Gasteiger partial charge on any atom is -0.398 e. The highest BCUT2D eigenvalue weighted by atomic mass is 32.1. The van der Waals surface area contributed by atoms with Crippen LogP contribution in [-0.2, 0) is 6.42 Å². The Labute approximate surface area is 157 Å². The number of rotatable bonds is 3. The van der Waals surface area contributed by atoms with Crippen molar-refractivity contribution in [3.63, 3.8) is 0 Å². The lowest BCUT2D eigenvalue weighted by Gasteiger charge is -2.38. The van der Waals surface area contributed by atoms with E-state index in [0.29, 0.717) is 5.92 Å². The summed E-state index contributed by atoms with van der Waals surface area (Å²) in [5.41, 5.74) is 13.6. The van der Waals surface area contributed by atoms with Crippen molar-refractivity contribution in [2.45, 2.75) is 32.2 Å². The van der Waals surface area contributed by atoms with Crippen LogP contribution in [0.1, 0.15) is 47.5 Å². The van der Waals surface area contributed by atoms with Gasteiger partial charge < -0.3 is 10.6 Å². The van der Waals surface area contributed by atoms with Crippen molar-refractivity contribution < 1.29 is 4.39 Å². The van der Waals surface area contributed by atoms with Crippen molar-refractivity contribution in [2.24, 2.45) is 0 Å². The number of benzene rings is 2. The molecule has 2 N–H and O–H groups in total. The van der Waals surface area contributed by atoms with E-state index in [9.17, 15) is 4.39 Å². The number of fused-ring (bicyclic) bond motifs is 1. The van der Waals surface area contributed by atoms with E-state index in [2.05, 4.69) is 35.9 Å². The largest absolute Gasteiger partial charge is 0.398 e. The average molecular weight is 367 g/mol. The Morgan fingerprint density at radius 3 is 2.69 bits per heavy atom. The van der Waals surface area contributed by atoms with E-state index < -0.39 is 0 Å². The van der Waals surface area contributed by atoms with E-state index in [1.54, 1.807) is 11.3 Å². The molecule has 2 heterocycles. The van der Waals surface area contributed by atoms with E-state index in [-0.39, 0.29) is 11.9 Å². The zero-order chi connectivity index (χ0) is 18.3. The van der Waals surface area contributed by atoms with Crippen molar-refractivity contribution in [2.75, 3.05) is 17.2 Å². The van der Waals surface area contributed by atoms with Crippen LogP contribution in [0.15, 0.2) is 48.0 Å². The van der Waals surface area contributed by atoms with Gasteiger partial charge in [0.2, 0.25) is 0 Å². The summed E-state index contributed by atoms with van der Waals surface area (Å²) in [6.45, 7) is 5.20. The fourth-order valence-corrected chi connectivity index (χ4v) is 4.56. The highest BCUT2D eigenvalue weighted by molar-refractivity contribution is 7.09. The summed E-state index contributed by atoms with van der Waals surface area (Å²) < 4.78 is 13.4. The van der Waals surface area contributed by atoms with E-state index >= 15 is 0 Å². The van der Waals surface area contributed by atoms with E-state index in [0.717, 1.165) is 35.6 Å². The molecule has 1 unspecified atom stereocenters. The van der Waals surface area contributed by atoms with Gasteiger partial charge in [-0.05, 0) is 41.8 Å². The summed E-state index contributed by atoms with van der Waals surface area (Å²) in [5, 5.41) is 0. The molecule has 1 aliphatic heterocycles. The van der Waals surface area contributed by atoms with Crippen molar-refractivity contribution in [3.8, 4) is 0 Å². The van der Waals surface area contributed by atoms with Gasteiger partial charge in [-0.1, -0.05) is 26.0 Å². The normalized spacial score (nSPS) is 16.8. The fraction of sp³-hybridized carbons (Fsp3) is 0.286. The van der Waals surface area contributed by atoms with Gasteiger partial charge in [0.1, 0.15) is 5.82 Å². The summed E-state index contributed by atoms with van der Waals surface area (Å²) in [6.07, 6.45) is 0.885. The number of thiazole rings is 1. The molecule has 3 nitrogen and oxygen atoms in total. The number of nitrogens with two attached hydrogens (primary N) is 1. The van der Waals surface area contributed by atoms with Crippen LogP contribution in [0.3, 0.4) is 0 Å². The fourth-order valence-electron chi connectivity index (χ4n) is 3.59. The molecule has 0 fully saturated rings. The first kappa shape index (κ1) is 17.0. The first-order valence-electron chi connectivity index (χ1n) is 8.88. The molecule has 26 heavy (non-hydrogen) atoms. The quantitative estimate of drug-likeness (QED) is 0.652. The zero-order valence-electron chi connectivity index (χ0n) is 14.9. The van der Waals surface area contributed by atoms with Crippen LogP contribution in [0, 0.1) is 5.82 Å². The molecule has 0 bridgehead atoms. The van der Waals surface area contributed by atoms with Crippen molar-refractivity contribution in [1.29, 1.82) is 0 Å². The molecule has 0 radical (unpaired) electrons. The minimum absolute atomic E-state index is 0.00964. The number of halogens is 1. The predicted octanol–water partition coefficient (Wildman–Crippen LogP) is 5.14. The molecular weight excluding hydrogens is 345 g/mol. The van der Waals surface area contributed by atoms with E-state index in [1.807, 2.05) is 23.7 Å². The maximum atomic E-state index is 13.4. The van der Waals surface area contributed by atoms with Crippen LogP contribution in [-0.4, -0.2) is 11.5 Å². The maximum Gasteiger partial charge on any atom is 0.123 e. The van der Waals surface area contributed by atoms with Gasteiger partial charge in [-0.2, -0.15) is 0 Å². The first-order chi connectivity index (χ1) is 12.5. The molecule has 2 aromatic carbocycles. The van der Waals surface area contributed by atoms with Gasteiger partial charge >= 0.3 is 0 Å². The molecule has 0 amide bonds. The standard InChI is InChI=1S/C21H22FN3S/c1-13(2)14-3-8-18(23)17(11-14)20-21-19(24-12-26-21)9-10-25(20)16-6-4-15(22)5-7-16/h3-8,11-13,20H,9-10,23H2,1-2H3. The number of aromatic nitrogens is 1. The summed E-state index contributed by atoms with van der Waals surface area (Å²) in [6, 6.07) is 13.1. The number of hydrogen-bond donors (Lipinski definition) is 1. The SMILES string of the molecule is CC(C)c1ccc(N)c(C2c3scnc3CCN2c2ccc(F)cc2)c1. The van der Waals surface area contributed by atoms with Crippen LogP contribution in [0.2, 0.25) is 0 Å². The second kappa shape index (κ2) is 6.72. The van der Waals surface area contributed by atoms with Gasteiger partial charge in [0.25, 0.3) is 0 Å². The van der Waals surface area contributed by atoms with Crippen molar-refractivity contribution in [1.82, 2.24) is 4.98 Å². The average Bonchev–Trinajstić information content (AvgIpc) is 3.11. The summed E-state index contributed by atoms with van der Waals surface area (Å²) in [4.78, 5) is 8.10. The third-order valence-corrected chi connectivity index (χ3v) is 5.98. The molecular formula is C21H22FN3S. The predicted molar refractivity (Wildman–Crippen MR) is 106 cm³/mol. The molecule has 0 aliphatic carbocycles. The van der Waals surface area contributed by atoms with Gasteiger partial charge in [-0.25, -0.2) is 9.37 Å². The van der Waals surface area contributed by atoms with Crippen LogP contribution >= 0.6 is 11.3 Å². The molecule has 0 saturated heterocycles. The Bertz CT molecular complexity index is 917. The van der Waals surface area contributed by atoms with Crippen LogP contribution < -0.4 is 10.6 Å². The topological polar surface area (TPSA) is 42.1 Å². The molecule has 0 spiro atoms. The number of nitrogen functional groups attached to an aromatic ring is 1. The second-order valence-corrected chi connectivity index (χ2v) is 7.92. The molecule has 0 saturated carbocycles. The van der Waals surface area contributed by atoms with Gasteiger partial charge in [-0.3, -0.25) is 0 Å². The Morgan fingerprint density at radius 2 is 1.96 bits per heavy atom. The molecule has 1 aromatic heterocycles. The van der Waals surface area contributed by atoms with Crippen LogP contribution in [0.4, 0.5) is 15.8 Å². The third-order valence-electron chi connectivity index (χ3n) is 5.05. The second-order valence-electron chi connectivity index (χ2n) is 7.03. The third kappa shape index (κ3) is 2.97. The monoisotopic (exact) mass is 367 g/mol. The Hall–Kier alpha value is -2.40. The molecule has 1 aliphatic rings. The summed E-state index contributed by atoms with van der Waals surface area (Å²) in [7, 11) is 0. The Kier molecular flexibility index (Phi) is 4.41. The Balaban J connectivity index is 1.86. The van der Waals surface area contributed by atoms with E-state index in [4.69, 9.17) is 5.73 Å². The lowest BCUT2D eigenvalue weighted by molar-refractivity contribution is 0.624. The van der Waals surface area contributed by atoms with Crippen LogP contribution in [0.25, 0.3) is 0 Å². The highest BCUT2D eigenvalue weighted by Crippen LogP contribution is 2.42. The number of nitrogens with zero attached hydrogens (tertiary/aromatic N) is 2. The summed E-state index contributed by atoms with van der Waals surface area (Å²) in [5.74, 6) is 0.209. The van der Waals surface area contributed by atoms with Gasteiger partial charge in [-0.15, -0.1) is 11.3 Å². The molecule has 4 rings (SSSR count).